The molecule has 228 valence electrons. The molecule has 0 spiro atoms. The predicted molar refractivity (Wildman–Crippen MR) is 168 cm³/mol. The Bertz CT molecular complexity index is 1630. The van der Waals surface area contributed by atoms with E-state index in [9.17, 15) is 9.59 Å². The Kier molecular flexibility index (Phi) is 9.12. The molecular weight excluding hydrogens is 552 g/mol. The van der Waals surface area contributed by atoms with E-state index in [4.69, 9.17) is 5.73 Å². The lowest BCUT2D eigenvalue weighted by Gasteiger charge is -2.44. The molecule has 3 heterocycles. The van der Waals surface area contributed by atoms with Crippen LogP contribution < -0.4 is 16.3 Å². The van der Waals surface area contributed by atoms with Crippen LogP contribution >= 0.6 is 0 Å². The molecule has 0 aliphatic carbocycles. The number of rotatable bonds is 8. The number of carbonyl (C=O) groups excluding carboxylic acids is 1. The first-order chi connectivity index (χ1) is 20.4. The predicted octanol–water partition coefficient (Wildman–Crippen LogP) is 5.16. The summed E-state index contributed by atoms with van der Waals surface area (Å²) in [7, 11) is 0. The summed E-state index contributed by atoms with van der Waals surface area (Å²) in [4.78, 5) is 43.7. The van der Waals surface area contributed by atoms with Gasteiger partial charge in [-0.3, -0.25) is 14.4 Å². The number of carbonyl (C=O) groups is 1. The summed E-state index contributed by atoms with van der Waals surface area (Å²) >= 11 is 0. The molecule has 3 aromatic rings. The van der Waals surface area contributed by atoms with E-state index in [1.54, 1.807) is 4.90 Å². The van der Waals surface area contributed by atoms with Crippen LogP contribution in [-0.4, -0.2) is 63.3 Å². The van der Waals surface area contributed by atoms with Gasteiger partial charge >= 0.3 is 5.69 Å². The van der Waals surface area contributed by atoms with E-state index in [1.807, 2.05) is 52.5 Å². The van der Waals surface area contributed by atoms with Crippen molar-refractivity contribution >= 4 is 35.2 Å². The first-order valence-electron chi connectivity index (χ1n) is 14.3. The molecule has 0 bridgehead atoms. The summed E-state index contributed by atoms with van der Waals surface area (Å²) in [6.07, 6.45) is 3.14. The molecule has 9 nitrogen and oxygen atoms in total. The lowest BCUT2D eigenvalue weighted by Crippen LogP contribution is -2.58. The molecule has 4 rings (SSSR count). The molecule has 1 fully saturated rings. The molecule has 1 aliphatic rings. The monoisotopic (exact) mass is 591 g/mol. The Labute approximate surface area is 250 Å². The van der Waals surface area contributed by atoms with Gasteiger partial charge in [0.15, 0.2) is 5.82 Å². The summed E-state index contributed by atoms with van der Waals surface area (Å²) in [6.45, 7) is 19.5. The number of fused-ring (bicyclic) bond motifs is 1. The molecule has 1 aliphatic heterocycles. The number of hydrogen-bond acceptors (Lipinski definition) is 7. The molecular formula is C32H39F2N7O2. The highest BCUT2D eigenvalue weighted by Crippen LogP contribution is 2.36. The van der Waals surface area contributed by atoms with Crippen molar-refractivity contribution in [2.45, 2.75) is 65.7 Å². The summed E-state index contributed by atoms with van der Waals surface area (Å²) in [5.74, 6) is -1.56. The zero-order valence-electron chi connectivity index (χ0n) is 25.5. The number of nitrogens with zero attached hydrogens (tertiary/aromatic N) is 6. The van der Waals surface area contributed by atoms with Crippen molar-refractivity contribution in [1.82, 2.24) is 19.4 Å². The Balaban J connectivity index is 2.08. The lowest BCUT2D eigenvalue weighted by molar-refractivity contribution is -0.130. The van der Waals surface area contributed by atoms with E-state index in [1.165, 1.54) is 34.9 Å². The topological polar surface area (TPSA) is 110 Å². The number of piperazine rings is 1. The zero-order valence-corrected chi connectivity index (χ0v) is 25.5. The third-order valence-electron chi connectivity index (χ3n) is 8.18. The van der Waals surface area contributed by atoms with Crippen LogP contribution in [0.1, 0.15) is 47.6 Å². The van der Waals surface area contributed by atoms with E-state index in [-0.39, 0.29) is 57.7 Å². The number of pyridine rings is 1. The van der Waals surface area contributed by atoms with E-state index in [2.05, 4.69) is 28.3 Å². The van der Waals surface area contributed by atoms with Crippen LogP contribution in [0.15, 0.2) is 58.4 Å². The minimum absolute atomic E-state index is 0.00795. The molecule has 1 aromatic carbocycles. The van der Waals surface area contributed by atoms with Gasteiger partial charge in [0.05, 0.1) is 23.0 Å². The number of amides is 1. The van der Waals surface area contributed by atoms with Gasteiger partial charge in [0, 0.05) is 30.9 Å². The van der Waals surface area contributed by atoms with Crippen LogP contribution in [0.2, 0.25) is 0 Å². The van der Waals surface area contributed by atoms with E-state index in [0.717, 1.165) is 5.57 Å². The second-order valence-electron chi connectivity index (χ2n) is 11.4. The molecule has 4 atom stereocenters. The number of nitrogens with two attached hydrogens (primary N) is 1. The fourth-order valence-corrected chi connectivity index (χ4v) is 6.09. The minimum Gasteiger partial charge on any atom is -0.398 e. The van der Waals surface area contributed by atoms with Gasteiger partial charge in [-0.15, -0.1) is 0 Å². The van der Waals surface area contributed by atoms with Crippen molar-refractivity contribution in [3.63, 3.8) is 0 Å². The van der Waals surface area contributed by atoms with Gasteiger partial charge in [-0.25, -0.2) is 18.6 Å². The average Bonchev–Trinajstić information content (AvgIpc) is 2.95. The molecule has 43 heavy (non-hydrogen) atoms. The van der Waals surface area contributed by atoms with Crippen molar-refractivity contribution in [3.05, 3.63) is 70.7 Å². The number of nitrogen functional groups attached to an aromatic ring is 1. The lowest BCUT2D eigenvalue weighted by atomic mass is 9.91. The molecule has 2 aromatic heterocycles. The minimum atomic E-state index is -0.819. The molecule has 11 heteroatoms. The largest absolute Gasteiger partial charge is 0.398 e. The van der Waals surface area contributed by atoms with Crippen LogP contribution in [0.5, 0.6) is 0 Å². The van der Waals surface area contributed by atoms with Crippen molar-refractivity contribution in [2.75, 3.05) is 23.7 Å². The van der Waals surface area contributed by atoms with Gasteiger partial charge in [0.1, 0.15) is 23.0 Å². The molecule has 2 N–H and O–H groups in total. The number of halogens is 2. The SMILES string of the molecule is C=CC(=O)N1[C@H](C)CN(c2nc(=O)n([C@@H](/C(C)=C\C)[C@@H](N=C)C(C)C)c3nc(-c4c(N)cccc4F)c(F)cc23)C[C@@H]1C. The number of aliphatic imine (C=N–C) groups is 1. The van der Waals surface area contributed by atoms with E-state index in [0.29, 0.717) is 13.1 Å². The summed E-state index contributed by atoms with van der Waals surface area (Å²) in [5.41, 5.74) is 5.88. The van der Waals surface area contributed by atoms with Gasteiger partial charge < -0.3 is 15.5 Å². The molecule has 0 unspecified atom stereocenters. The van der Waals surface area contributed by atoms with E-state index < -0.39 is 29.4 Å². The summed E-state index contributed by atoms with van der Waals surface area (Å²) in [5, 5.41) is 0.263. The van der Waals surface area contributed by atoms with Crippen LogP contribution in [0.25, 0.3) is 22.3 Å². The summed E-state index contributed by atoms with van der Waals surface area (Å²) < 4.78 is 32.4. The second kappa shape index (κ2) is 12.4. The maximum atomic E-state index is 16.0. The third-order valence-corrected chi connectivity index (χ3v) is 8.18. The van der Waals surface area contributed by atoms with Crippen molar-refractivity contribution in [2.24, 2.45) is 10.9 Å². The number of benzene rings is 1. The maximum Gasteiger partial charge on any atom is 0.351 e. The maximum absolute atomic E-state index is 16.0. The Morgan fingerprint density at radius 3 is 2.35 bits per heavy atom. The Morgan fingerprint density at radius 2 is 1.81 bits per heavy atom. The van der Waals surface area contributed by atoms with Crippen LogP contribution in [0.3, 0.4) is 0 Å². The molecule has 1 amide bonds. The fraction of sp³-hybridized carbons (Fsp3) is 0.406. The first kappa shape index (κ1) is 31.5. The number of allylic oxidation sites excluding steroid dienone is 1. The average molecular weight is 592 g/mol. The Hall–Kier alpha value is -4.41. The smallest absolute Gasteiger partial charge is 0.351 e. The second-order valence-corrected chi connectivity index (χ2v) is 11.4. The highest BCUT2D eigenvalue weighted by atomic mass is 19.1. The standard InChI is InChI=1S/C32H39F2N7O2/c1-9-18(5)29(27(36-8)17(3)4)41-31-21(14-23(34)28(37-31)26-22(33)12-11-13-24(26)35)30(38-32(41)43)39-15-19(6)40(20(7)16-39)25(42)10-2/h9-14,17,19-20,27,29H,2,8,15-16,35H2,1,3-7H3/b18-9-/t19-,20+,27-,29-/m0/s1. The number of hydrogen-bond donors (Lipinski definition) is 1. The van der Waals surface area contributed by atoms with Gasteiger partial charge in [0.2, 0.25) is 5.91 Å². The number of anilines is 2. The molecule has 0 saturated carbocycles. The van der Waals surface area contributed by atoms with Gasteiger partial charge in [-0.2, -0.15) is 4.98 Å². The summed E-state index contributed by atoms with van der Waals surface area (Å²) in [6, 6.07) is 3.69. The van der Waals surface area contributed by atoms with Crippen molar-refractivity contribution in [3.8, 4) is 11.3 Å². The highest BCUT2D eigenvalue weighted by Gasteiger charge is 2.36. The van der Waals surface area contributed by atoms with E-state index >= 15 is 8.78 Å². The molecule has 0 radical (unpaired) electrons. The van der Waals surface area contributed by atoms with Gasteiger partial charge in [-0.1, -0.05) is 38.1 Å². The number of aromatic nitrogens is 3. The highest BCUT2D eigenvalue weighted by molar-refractivity contribution is 5.91. The van der Waals surface area contributed by atoms with Crippen molar-refractivity contribution < 1.29 is 13.6 Å². The van der Waals surface area contributed by atoms with Gasteiger partial charge in [-0.05, 0) is 64.6 Å². The quantitative estimate of drug-likeness (QED) is 0.168. The Morgan fingerprint density at radius 1 is 1.16 bits per heavy atom. The first-order valence-corrected chi connectivity index (χ1v) is 14.3. The molecule has 1 saturated heterocycles. The van der Waals surface area contributed by atoms with Crippen LogP contribution in [0.4, 0.5) is 20.3 Å². The normalized spacial score (nSPS) is 19.0. The van der Waals surface area contributed by atoms with Crippen LogP contribution in [0, 0.1) is 17.6 Å². The zero-order chi connectivity index (χ0) is 31.7. The fourth-order valence-electron chi connectivity index (χ4n) is 6.09. The van der Waals surface area contributed by atoms with Crippen LogP contribution in [-0.2, 0) is 4.79 Å². The third kappa shape index (κ3) is 5.68. The van der Waals surface area contributed by atoms with Crippen molar-refractivity contribution in [1.29, 1.82) is 0 Å². The van der Waals surface area contributed by atoms with Gasteiger partial charge in [0.25, 0.3) is 0 Å².